The van der Waals surface area contributed by atoms with Crippen LogP contribution in [0.3, 0.4) is 0 Å². The summed E-state index contributed by atoms with van der Waals surface area (Å²) in [5, 5.41) is 0. The topological polar surface area (TPSA) is 71.3 Å². The van der Waals surface area contributed by atoms with Crippen molar-refractivity contribution in [1.29, 1.82) is 0 Å². The molecule has 2 amide bonds. The van der Waals surface area contributed by atoms with Gasteiger partial charge in [-0.25, -0.2) is 0 Å². The summed E-state index contributed by atoms with van der Waals surface area (Å²) in [4.78, 5) is 24.0. The number of carbonyl (C=O) groups excluding carboxylic acids is 2. The average Bonchev–Trinajstić information content (AvgIpc) is 2.93. The minimum Gasteiger partial charge on any atom is -0.466 e. The van der Waals surface area contributed by atoms with Crippen molar-refractivity contribution < 1.29 is 14.0 Å². The molecule has 0 radical (unpaired) electrons. The number of hydrogen-bond acceptors (Lipinski definition) is 3. The summed E-state index contributed by atoms with van der Waals surface area (Å²) in [5.74, 6) is 0.772. The van der Waals surface area contributed by atoms with E-state index in [-0.39, 0.29) is 17.2 Å². The molecule has 5 heteroatoms. The lowest BCUT2D eigenvalue weighted by Gasteiger charge is -2.22. The van der Waals surface area contributed by atoms with Crippen LogP contribution >= 0.6 is 0 Å². The van der Waals surface area contributed by atoms with Crippen LogP contribution in [-0.4, -0.2) is 11.8 Å². The number of carbonyl (C=O) groups is 2. The van der Waals surface area contributed by atoms with Gasteiger partial charge in [0.15, 0.2) is 0 Å². The van der Waals surface area contributed by atoms with Crippen molar-refractivity contribution in [1.82, 2.24) is 10.9 Å². The van der Waals surface area contributed by atoms with E-state index in [1.807, 2.05) is 6.92 Å². The molecule has 0 unspecified atom stereocenters. The van der Waals surface area contributed by atoms with E-state index < -0.39 is 0 Å². The molecule has 19 heavy (non-hydrogen) atoms. The van der Waals surface area contributed by atoms with Gasteiger partial charge in [0.25, 0.3) is 5.91 Å². The fourth-order valence-corrected chi connectivity index (χ4v) is 2.57. The maximum Gasteiger partial charge on any atom is 0.273 e. The molecule has 0 spiro atoms. The van der Waals surface area contributed by atoms with Crippen LogP contribution in [0, 0.1) is 19.3 Å². The third-order valence-electron chi connectivity index (χ3n) is 3.83. The molecule has 1 aromatic rings. The Labute approximate surface area is 112 Å². The molecule has 0 aliphatic heterocycles. The van der Waals surface area contributed by atoms with Crippen molar-refractivity contribution in [3.05, 3.63) is 23.2 Å². The van der Waals surface area contributed by atoms with Gasteiger partial charge in [0.05, 0.1) is 5.56 Å². The lowest BCUT2D eigenvalue weighted by Crippen LogP contribution is -2.47. The standard InChI is InChI=1S/C14H20N2O3/c1-9-8-11(10(2)19-9)12(17)15-16-13(18)14(3)6-4-5-7-14/h8H,4-7H2,1-3H3,(H,15,17)(H,16,18). The van der Waals surface area contributed by atoms with E-state index in [4.69, 9.17) is 4.42 Å². The second-order valence-corrected chi connectivity index (χ2v) is 5.50. The molecule has 1 aliphatic rings. The normalized spacial score (nSPS) is 17.2. The fourth-order valence-electron chi connectivity index (χ4n) is 2.57. The first-order chi connectivity index (χ1) is 8.92. The van der Waals surface area contributed by atoms with Crippen LogP contribution in [-0.2, 0) is 4.79 Å². The molecule has 2 N–H and O–H groups in total. The molecule has 1 saturated carbocycles. The van der Waals surface area contributed by atoms with Gasteiger partial charge in [-0.3, -0.25) is 20.4 Å². The summed E-state index contributed by atoms with van der Waals surface area (Å²) in [7, 11) is 0. The predicted octanol–water partition coefficient (Wildman–Crippen LogP) is 2.24. The molecule has 0 atom stereocenters. The number of furan rings is 1. The highest BCUT2D eigenvalue weighted by atomic mass is 16.3. The number of hydrazine groups is 1. The van der Waals surface area contributed by atoms with Gasteiger partial charge in [-0.1, -0.05) is 19.8 Å². The van der Waals surface area contributed by atoms with Crippen LogP contribution in [0.4, 0.5) is 0 Å². The minimum atomic E-state index is -0.353. The summed E-state index contributed by atoms with van der Waals surface area (Å²) >= 11 is 0. The Bertz CT molecular complexity index is 499. The number of hydrogen-bond donors (Lipinski definition) is 2. The average molecular weight is 264 g/mol. The maximum absolute atomic E-state index is 12.0. The highest BCUT2D eigenvalue weighted by Crippen LogP contribution is 2.37. The van der Waals surface area contributed by atoms with Crippen LogP contribution in [0.5, 0.6) is 0 Å². The van der Waals surface area contributed by atoms with Crippen molar-refractivity contribution >= 4 is 11.8 Å². The van der Waals surface area contributed by atoms with Crippen LogP contribution < -0.4 is 10.9 Å². The first-order valence-electron chi connectivity index (χ1n) is 6.60. The van der Waals surface area contributed by atoms with Crippen molar-refractivity contribution in [3.63, 3.8) is 0 Å². The molecular weight excluding hydrogens is 244 g/mol. The smallest absolute Gasteiger partial charge is 0.273 e. The van der Waals surface area contributed by atoms with Gasteiger partial charge in [0.2, 0.25) is 5.91 Å². The number of aryl methyl sites for hydroxylation is 2. The molecule has 0 bridgehead atoms. The van der Waals surface area contributed by atoms with E-state index in [1.54, 1.807) is 19.9 Å². The second-order valence-electron chi connectivity index (χ2n) is 5.50. The van der Waals surface area contributed by atoms with Gasteiger partial charge >= 0.3 is 0 Å². The first-order valence-corrected chi connectivity index (χ1v) is 6.60. The molecule has 104 valence electrons. The molecule has 1 heterocycles. The molecule has 0 aromatic carbocycles. The molecular formula is C14H20N2O3. The Kier molecular flexibility index (Phi) is 3.64. The maximum atomic E-state index is 12.0. The zero-order chi connectivity index (χ0) is 14.0. The van der Waals surface area contributed by atoms with Crippen LogP contribution in [0.2, 0.25) is 0 Å². The van der Waals surface area contributed by atoms with Gasteiger partial charge in [0.1, 0.15) is 11.5 Å². The van der Waals surface area contributed by atoms with Crippen molar-refractivity contribution in [2.45, 2.75) is 46.5 Å². The summed E-state index contributed by atoms with van der Waals surface area (Å²) < 4.78 is 5.29. The Morgan fingerprint density at radius 3 is 2.37 bits per heavy atom. The Balaban J connectivity index is 1.94. The summed E-state index contributed by atoms with van der Waals surface area (Å²) in [6.07, 6.45) is 3.88. The molecule has 1 aliphatic carbocycles. The Morgan fingerprint density at radius 1 is 1.21 bits per heavy atom. The third-order valence-corrected chi connectivity index (χ3v) is 3.83. The lowest BCUT2D eigenvalue weighted by molar-refractivity contribution is -0.130. The lowest BCUT2D eigenvalue weighted by atomic mass is 9.88. The summed E-state index contributed by atoms with van der Waals surface area (Å²) in [6.45, 7) is 5.44. The highest BCUT2D eigenvalue weighted by molar-refractivity contribution is 5.96. The van der Waals surface area contributed by atoms with Crippen molar-refractivity contribution in [2.75, 3.05) is 0 Å². The quantitative estimate of drug-likeness (QED) is 0.805. The van der Waals surface area contributed by atoms with E-state index in [9.17, 15) is 9.59 Å². The summed E-state index contributed by atoms with van der Waals surface area (Å²) in [6, 6.07) is 1.66. The highest BCUT2D eigenvalue weighted by Gasteiger charge is 2.36. The van der Waals surface area contributed by atoms with E-state index in [1.165, 1.54) is 0 Å². The van der Waals surface area contributed by atoms with E-state index in [2.05, 4.69) is 10.9 Å². The van der Waals surface area contributed by atoms with Gasteiger partial charge in [-0.2, -0.15) is 0 Å². The molecule has 1 fully saturated rings. The van der Waals surface area contributed by atoms with Crippen molar-refractivity contribution in [2.24, 2.45) is 5.41 Å². The molecule has 5 nitrogen and oxygen atoms in total. The molecule has 2 rings (SSSR count). The minimum absolute atomic E-state index is 0.115. The van der Waals surface area contributed by atoms with Crippen LogP contribution in [0.25, 0.3) is 0 Å². The van der Waals surface area contributed by atoms with Gasteiger partial charge < -0.3 is 4.42 Å². The first kappa shape index (κ1) is 13.6. The fraction of sp³-hybridized carbons (Fsp3) is 0.571. The van der Waals surface area contributed by atoms with E-state index in [0.29, 0.717) is 17.1 Å². The van der Waals surface area contributed by atoms with Crippen LogP contribution in [0.1, 0.15) is 54.5 Å². The zero-order valence-electron chi connectivity index (χ0n) is 11.6. The number of amides is 2. The van der Waals surface area contributed by atoms with Gasteiger partial charge in [-0.05, 0) is 32.8 Å². The second kappa shape index (κ2) is 5.07. The number of rotatable bonds is 2. The predicted molar refractivity (Wildman–Crippen MR) is 70.4 cm³/mol. The van der Waals surface area contributed by atoms with E-state index in [0.717, 1.165) is 25.7 Å². The van der Waals surface area contributed by atoms with Crippen molar-refractivity contribution in [3.8, 4) is 0 Å². The Morgan fingerprint density at radius 2 is 1.84 bits per heavy atom. The monoisotopic (exact) mass is 264 g/mol. The van der Waals surface area contributed by atoms with Gasteiger partial charge in [-0.15, -0.1) is 0 Å². The largest absolute Gasteiger partial charge is 0.466 e. The SMILES string of the molecule is Cc1cc(C(=O)NNC(=O)C2(C)CCCC2)c(C)o1. The third kappa shape index (κ3) is 2.80. The molecule has 1 aromatic heterocycles. The molecule has 0 saturated heterocycles. The Hall–Kier alpha value is -1.78. The number of nitrogens with one attached hydrogen (secondary N) is 2. The van der Waals surface area contributed by atoms with E-state index >= 15 is 0 Å². The zero-order valence-corrected chi connectivity index (χ0v) is 11.6. The summed E-state index contributed by atoms with van der Waals surface area (Å²) in [5.41, 5.74) is 5.08. The van der Waals surface area contributed by atoms with Crippen LogP contribution in [0.15, 0.2) is 10.5 Å². The van der Waals surface area contributed by atoms with Gasteiger partial charge in [0, 0.05) is 5.41 Å².